The van der Waals surface area contributed by atoms with E-state index in [0.29, 0.717) is 34.2 Å². The van der Waals surface area contributed by atoms with Crippen LogP contribution in [0.4, 0.5) is 0 Å². The first kappa shape index (κ1) is 13.1. The molecule has 0 saturated heterocycles. The quantitative estimate of drug-likeness (QED) is 0.721. The Morgan fingerprint density at radius 3 is 3.00 bits per heavy atom. The average Bonchev–Trinajstić information content (AvgIpc) is 2.60. The van der Waals surface area contributed by atoms with E-state index in [1.165, 1.54) is 11.3 Å². The van der Waals surface area contributed by atoms with Crippen LogP contribution >= 0.6 is 0 Å². The van der Waals surface area contributed by atoms with Gasteiger partial charge >= 0.3 is 5.63 Å². The predicted molar refractivity (Wildman–Crippen MR) is 84.6 cm³/mol. The minimum Gasteiger partial charge on any atom is -0.437 e. The van der Waals surface area contributed by atoms with Crippen molar-refractivity contribution in [3.05, 3.63) is 51.7 Å². The summed E-state index contributed by atoms with van der Waals surface area (Å²) in [7, 11) is 0. The summed E-state index contributed by atoms with van der Waals surface area (Å²) in [6, 6.07) is 7.19. The van der Waals surface area contributed by atoms with Gasteiger partial charge in [0.25, 0.3) is 5.91 Å². The van der Waals surface area contributed by atoms with Crippen LogP contribution in [0.15, 0.2) is 54.9 Å². The summed E-state index contributed by atoms with van der Waals surface area (Å²) >= 11 is 0. The third kappa shape index (κ3) is 1.73. The standard InChI is InChI=1S/C16H10N4O4/c21-12-6-17-14-10-5-9-13(24-15(10)18-7-20(14)19-12)8-3-1-2-4-11(8)23-16(9)22/h1-4,7H,5-6H2,(H,19,21). The van der Waals surface area contributed by atoms with Gasteiger partial charge in [-0.1, -0.05) is 12.1 Å². The number of hydrogen-bond donors (Lipinski definition) is 1. The molecule has 3 aliphatic rings. The van der Waals surface area contributed by atoms with Gasteiger partial charge in [0.1, 0.15) is 18.5 Å². The molecule has 0 bridgehead atoms. The molecule has 8 heteroatoms. The molecular formula is C16H10N4O4. The number of ether oxygens (including phenoxy) is 1. The van der Waals surface area contributed by atoms with E-state index in [0.717, 1.165) is 5.39 Å². The molecule has 1 N–H and O–H groups in total. The van der Waals surface area contributed by atoms with Crippen molar-refractivity contribution in [2.75, 3.05) is 6.54 Å². The SMILES string of the molecule is O=C1CN=C2C3=C(N=CN2N1)Oc1c(c(=O)oc2ccccc12)C3. The molecule has 1 aromatic heterocycles. The third-order valence-corrected chi connectivity index (χ3v) is 4.07. The Labute approximate surface area is 134 Å². The van der Waals surface area contributed by atoms with Gasteiger partial charge in [0.05, 0.1) is 16.5 Å². The van der Waals surface area contributed by atoms with Crippen LogP contribution in [0.1, 0.15) is 5.56 Å². The largest absolute Gasteiger partial charge is 0.437 e. The highest BCUT2D eigenvalue weighted by Crippen LogP contribution is 2.36. The summed E-state index contributed by atoms with van der Waals surface area (Å²) in [4.78, 5) is 32.3. The van der Waals surface area contributed by atoms with E-state index in [9.17, 15) is 9.59 Å². The molecule has 118 valence electrons. The first-order valence-corrected chi connectivity index (χ1v) is 7.34. The van der Waals surface area contributed by atoms with E-state index >= 15 is 0 Å². The maximum atomic E-state index is 12.3. The second-order valence-corrected chi connectivity index (χ2v) is 5.55. The van der Waals surface area contributed by atoms with Crippen molar-refractivity contribution >= 4 is 29.1 Å². The average molecular weight is 322 g/mol. The molecule has 0 aliphatic carbocycles. The monoisotopic (exact) mass is 322 g/mol. The number of nitrogens with one attached hydrogen (secondary N) is 1. The lowest BCUT2D eigenvalue weighted by atomic mass is 10.00. The first-order chi connectivity index (χ1) is 11.7. The summed E-state index contributed by atoms with van der Waals surface area (Å²) in [5.41, 5.74) is 3.73. The molecule has 8 nitrogen and oxygen atoms in total. The molecule has 2 aromatic rings. The van der Waals surface area contributed by atoms with Crippen LogP contribution in [-0.2, 0) is 11.2 Å². The number of para-hydroxylation sites is 1. The van der Waals surface area contributed by atoms with Crippen LogP contribution in [0, 0.1) is 0 Å². The maximum absolute atomic E-state index is 12.3. The number of nitrogens with zero attached hydrogens (tertiary/aromatic N) is 3. The number of rotatable bonds is 0. The Balaban J connectivity index is 1.69. The molecule has 0 atom stereocenters. The van der Waals surface area contributed by atoms with Crippen molar-refractivity contribution in [1.82, 2.24) is 10.4 Å². The number of aliphatic imine (C=N–C) groups is 2. The summed E-state index contributed by atoms with van der Waals surface area (Å²) < 4.78 is 11.3. The summed E-state index contributed by atoms with van der Waals surface area (Å²) in [6.45, 7) is 0.0235. The Hall–Kier alpha value is -3.42. The molecule has 4 heterocycles. The van der Waals surface area contributed by atoms with Gasteiger partial charge in [-0.3, -0.25) is 15.2 Å². The molecule has 0 unspecified atom stereocenters. The van der Waals surface area contributed by atoms with Crippen LogP contribution in [0.3, 0.4) is 0 Å². The number of benzene rings is 1. The van der Waals surface area contributed by atoms with E-state index in [2.05, 4.69) is 15.4 Å². The Kier molecular flexibility index (Phi) is 2.47. The van der Waals surface area contributed by atoms with Gasteiger partial charge in [-0.25, -0.2) is 14.8 Å². The fourth-order valence-corrected chi connectivity index (χ4v) is 3.00. The fourth-order valence-electron chi connectivity index (χ4n) is 3.00. The molecule has 0 saturated carbocycles. The molecule has 1 aromatic carbocycles. The molecule has 24 heavy (non-hydrogen) atoms. The smallest absolute Gasteiger partial charge is 0.343 e. The Bertz CT molecular complexity index is 1060. The van der Waals surface area contributed by atoms with Gasteiger partial charge < -0.3 is 9.15 Å². The van der Waals surface area contributed by atoms with Gasteiger partial charge in [-0.2, -0.15) is 0 Å². The lowest BCUT2D eigenvalue weighted by Gasteiger charge is -2.32. The number of hydrazine groups is 1. The molecule has 5 rings (SSSR count). The molecule has 3 aliphatic heterocycles. The molecule has 0 radical (unpaired) electrons. The second-order valence-electron chi connectivity index (χ2n) is 5.55. The maximum Gasteiger partial charge on any atom is 0.343 e. The van der Waals surface area contributed by atoms with Crippen molar-refractivity contribution in [3.63, 3.8) is 0 Å². The molecule has 0 spiro atoms. The highest BCUT2D eigenvalue weighted by Gasteiger charge is 2.34. The number of hydrogen-bond acceptors (Lipinski definition) is 7. The molecular weight excluding hydrogens is 312 g/mol. The Morgan fingerprint density at radius 1 is 1.21 bits per heavy atom. The van der Waals surface area contributed by atoms with Crippen molar-refractivity contribution < 1.29 is 13.9 Å². The van der Waals surface area contributed by atoms with E-state index in [1.807, 2.05) is 12.1 Å². The first-order valence-electron chi connectivity index (χ1n) is 7.34. The van der Waals surface area contributed by atoms with Gasteiger partial charge in [0.2, 0.25) is 5.88 Å². The summed E-state index contributed by atoms with van der Waals surface area (Å²) in [5.74, 6) is 1.14. The zero-order chi connectivity index (χ0) is 16.3. The molecule has 0 fully saturated rings. The van der Waals surface area contributed by atoms with Crippen LogP contribution < -0.4 is 15.8 Å². The van der Waals surface area contributed by atoms with Crippen molar-refractivity contribution in [3.8, 4) is 5.75 Å². The lowest BCUT2D eigenvalue weighted by Crippen LogP contribution is -2.52. The van der Waals surface area contributed by atoms with Crippen LogP contribution in [0.5, 0.6) is 5.75 Å². The van der Waals surface area contributed by atoms with Gasteiger partial charge in [-0.05, 0) is 12.1 Å². The second kappa shape index (κ2) is 4.54. The van der Waals surface area contributed by atoms with E-state index in [-0.39, 0.29) is 18.9 Å². The van der Waals surface area contributed by atoms with E-state index in [1.54, 1.807) is 12.1 Å². The number of carbonyl (C=O) groups is 1. The highest BCUT2D eigenvalue weighted by molar-refractivity contribution is 6.10. The van der Waals surface area contributed by atoms with Gasteiger partial charge in [0, 0.05) is 6.42 Å². The van der Waals surface area contributed by atoms with Crippen molar-refractivity contribution in [2.24, 2.45) is 9.98 Å². The fraction of sp³-hybridized carbons (Fsp3) is 0.125. The lowest BCUT2D eigenvalue weighted by molar-refractivity contribution is -0.122. The van der Waals surface area contributed by atoms with Gasteiger partial charge in [0.15, 0.2) is 11.6 Å². The predicted octanol–water partition coefficient (Wildman–Crippen LogP) is 0.727. The minimum atomic E-state index is -0.447. The number of fused-ring (bicyclic) bond motifs is 5. The van der Waals surface area contributed by atoms with Crippen LogP contribution in [0.2, 0.25) is 0 Å². The topological polar surface area (TPSA) is 96.5 Å². The third-order valence-electron chi connectivity index (χ3n) is 4.07. The van der Waals surface area contributed by atoms with Crippen molar-refractivity contribution in [1.29, 1.82) is 0 Å². The highest BCUT2D eigenvalue weighted by atomic mass is 16.5. The zero-order valence-electron chi connectivity index (χ0n) is 12.3. The normalized spacial score (nSPS) is 18.4. The van der Waals surface area contributed by atoms with Crippen molar-refractivity contribution in [2.45, 2.75) is 6.42 Å². The van der Waals surface area contributed by atoms with Crippen LogP contribution in [-0.4, -0.2) is 29.6 Å². The van der Waals surface area contributed by atoms with E-state index in [4.69, 9.17) is 9.15 Å². The van der Waals surface area contributed by atoms with Crippen LogP contribution in [0.25, 0.3) is 11.0 Å². The Morgan fingerprint density at radius 2 is 2.08 bits per heavy atom. The van der Waals surface area contributed by atoms with Gasteiger partial charge in [-0.15, -0.1) is 0 Å². The van der Waals surface area contributed by atoms with E-state index < -0.39 is 5.63 Å². The number of amides is 1. The molecule has 1 amide bonds. The number of amidine groups is 1. The minimum absolute atomic E-state index is 0.0235. The number of carbonyl (C=O) groups excluding carboxylic acids is 1. The zero-order valence-corrected chi connectivity index (χ0v) is 12.3. The summed E-state index contributed by atoms with van der Waals surface area (Å²) in [5, 5.41) is 2.15. The summed E-state index contributed by atoms with van der Waals surface area (Å²) in [6.07, 6.45) is 1.72.